The zero-order valence-electron chi connectivity index (χ0n) is 29.8. The van der Waals surface area contributed by atoms with Crippen LogP contribution in [0.15, 0.2) is 182 Å². The maximum absolute atomic E-state index is 7.19. The molecule has 1 aliphatic rings. The van der Waals surface area contributed by atoms with E-state index < -0.39 is 29.9 Å². The lowest BCUT2D eigenvalue weighted by atomic mass is 9.98. The highest BCUT2D eigenvalue weighted by molar-refractivity contribution is 8.00. The normalized spacial score (nSPS) is 20.0. The molecule has 0 bridgehead atoms. The molecule has 0 amide bonds. The summed E-state index contributed by atoms with van der Waals surface area (Å²) in [5.74, 6) is 0. The fraction of sp³-hybridized carbons (Fsp3) is 0.234. The van der Waals surface area contributed by atoms with Gasteiger partial charge in [-0.15, -0.1) is 11.8 Å². The van der Waals surface area contributed by atoms with Crippen molar-refractivity contribution in [1.29, 1.82) is 0 Å². The minimum Gasteiger partial charge on any atom is -0.374 e. The molecule has 1 saturated heterocycles. The molecule has 0 spiro atoms. The lowest BCUT2D eigenvalue weighted by molar-refractivity contribution is -0.254. The van der Waals surface area contributed by atoms with Gasteiger partial charge in [-0.05, 0) is 33.4 Å². The van der Waals surface area contributed by atoms with Gasteiger partial charge in [0.1, 0.15) is 29.9 Å². The Morgan fingerprint density at radius 3 is 1.21 bits per heavy atom. The molecule has 5 nitrogen and oxygen atoms in total. The number of hydrogen-bond donors (Lipinski definition) is 0. The maximum Gasteiger partial charge on any atom is 0.133 e. The topological polar surface area (TPSA) is 46.2 Å². The first-order chi connectivity index (χ1) is 26.3. The highest BCUT2D eigenvalue weighted by Gasteiger charge is 2.49. The third-order valence-electron chi connectivity index (χ3n) is 9.32. The predicted molar refractivity (Wildman–Crippen MR) is 212 cm³/mol. The van der Waals surface area contributed by atoms with Crippen molar-refractivity contribution in [1.82, 2.24) is 0 Å². The third kappa shape index (κ3) is 10.5. The van der Waals surface area contributed by atoms with E-state index in [1.54, 1.807) is 11.8 Å². The minimum atomic E-state index is -0.487. The van der Waals surface area contributed by atoms with Crippen molar-refractivity contribution in [3.8, 4) is 0 Å². The van der Waals surface area contributed by atoms with Crippen LogP contribution in [-0.4, -0.2) is 36.5 Å². The molecule has 0 N–H and O–H groups in total. The summed E-state index contributed by atoms with van der Waals surface area (Å²) in [5.41, 5.74) is 6.29. The van der Waals surface area contributed by atoms with Crippen LogP contribution in [0.2, 0.25) is 0 Å². The first kappa shape index (κ1) is 36.8. The second-order valence-electron chi connectivity index (χ2n) is 13.2. The Kier molecular flexibility index (Phi) is 13.6. The SMILES string of the molecule is c1ccc(COC[C@H]2O[C@H](SC(c3ccccc3)c3ccccc3)[C@H](OCc3ccccc3)[C@@H](OCc3ccccc3)[C@@H]2OCc2ccccc2)cc1. The molecule has 6 aromatic rings. The van der Waals surface area contributed by atoms with E-state index >= 15 is 0 Å². The first-order valence-electron chi connectivity index (χ1n) is 18.3. The molecular weight excluding hydrogens is 677 g/mol. The molecule has 7 rings (SSSR count). The average molecular weight is 723 g/mol. The van der Waals surface area contributed by atoms with Gasteiger partial charge >= 0.3 is 0 Å². The van der Waals surface area contributed by atoms with Gasteiger partial charge in [0.05, 0.1) is 38.3 Å². The van der Waals surface area contributed by atoms with Gasteiger partial charge in [0.15, 0.2) is 0 Å². The van der Waals surface area contributed by atoms with Gasteiger partial charge in [0.25, 0.3) is 0 Å². The van der Waals surface area contributed by atoms with E-state index in [-0.39, 0.29) is 5.25 Å². The molecule has 6 heteroatoms. The summed E-state index contributed by atoms with van der Waals surface area (Å²) in [7, 11) is 0. The lowest BCUT2D eigenvalue weighted by Gasteiger charge is -2.46. The number of thioether (sulfide) groups is 1. The number of ether oxygens (including phenoxy) is 5. The summed E-state index contributed by atoms with van der Waals surface area (Å²) < 4.78 is 34.4. The summed E-state index contributed by atoms with van der Waals surface area (Å²) in [5, 5.41) is -0.0207. The van der Waals surface area contributed by atoms with E-state index in [4.69, 9.17) is 23.7 Å². The van der Waals surface area contributed by atoms with Crippen LogP contribution in [-0.2, 0) is 50.1 Å². The van der Waals surface area contributed by atoms with E-state index in [0.29, 0.717) is 33.0 Å². The molecular formula is C47H46O5S. The van der Waals surface area contributed by atoms with E-state index in [2.05, 4.69) is 109 Å². The minimum absolute atomic E-state index is 0.0207. The highest BCUT2D eigenvalue weighted by Crippen LogP contribution is 2.44. The fourth-order valence-corrected chi connectivity index (χ4v) is 8.09. The van der Waals surface area contributed by atoms with Gasteiger partial charge in [0.2, 0.25) is 0 Å². The summed E-state index contributed by atoms with van der Waals surface area (Å²) in [6.07, 6.45) is -1.89. The molecule has 0 saturated carbocycles. The van der Waals surface area contributed by atoms with Crippen molar-refractivity contribution >= 4 is 11.8 Å². The second-order valence-corrected chi connectivity index (χ2v) is 14.4. The molecule has 1 aliphatic heterocycles. The van der Waals surface area contributed by atoms with Crippen molar-refractivity contribution in [2.75, 3.05) is 6.61 Å². The summed E-state index contributed by atoms with van der Waals surface area (Å²) in [6.45, 7) is 1.99. The van der Waals surface area contributed by atoms with Crippen molar-refractivity contribution in [2.24, 2.45) is 0 Å². The molecule has 0 radical (unpaired) electrons. The van der Waals surface area contributed by atoms with Crippen molar-refractivity contribution in [3.05, 3.63) is 215 Å². The molecule has 53 heavy (non-hydrogen) atoms. The second kappa shape index (κ2) is 19.5. The molecule has 0 aliphatic carbocycles. The molecule has 6 aromatic carbocycles. The molecule has 0 unspecified atom stereocenters. The zero-order valence-corrected chi connectivity index (χ0v) is 30.6. The highest BCUT2D eigenvalue weighted by atomic mass is 32.2. The van der Waals surface area contributed by atoms with Gasteiger partial charge in [-0.25, -0.2) is 0 Å². The van der Waals surface area contributed by atoms with Crippen molar-refractivity contribution < 1.29 is 23.7 Å². The van der Waals surface area contributed by atoms with E-state index in [1.807, 2.05) is 72.8 Å². The first-order valence-corrected chi connectivity index (χ1v) is 19.2. The lowest BCUT2D eigenvalue weighted by Crippen LogP contribution is -2.60. The number of benzene rings is 6. The largest absolute Gasteiger partial charge is 0.374 e. The molecule has 1 fully saturated rings. The van der Waals surface area contributed by atoms with Crippen LogP contribution in [0.25, 0.3) is 0 Å². The van der Waals surface area contributed by atoms with Crippen LogP contribution in [0.5, 0.6) is 0 Å². The summed E-state index contributed by atoms with van der Waals surface area (Å²) in [4.78, 5) is 0. The van der Waals surface area contributed by atoms with Gasteiger partial charge in [-0.2, -0.15) is 0 Å². The predicted octanol–water partition coefficient (Wildman–Crippen LogP) is 10.2. The summed E-state index contributed by atoms with van der Waals surface area (Å²) >= 11 is 1.75. The maximum atomic E-state index is 7.19. The van der Waals surface area contributed by atoms with E-state index in [0.717, 1.165) is 22.3 Å². The Labute approximate surface area is 317 Å². The summed E-state index contributed by atoms with van der Waals surface area (Å²) in [6, 6.07) is 62.3. The third-order valence-corrected chi connectivity index (χ3v) is 10.8. The fourth-order valence-electron chi connectivity index (χ4n) is 6.60. The monoisotopic (exact) mass is 722 g/mol. The Morgan fingerprint density at radius 2 is 0.774 bits per heavy atom. The quantitative estimate of drug-likeness (QED) is 0.0934. The molecule has 5 atom stereocenters. The molecule has 270 valence electrons. The Balaban J connectivity index is 1.25. The van der Waals surface area contributed by atoms with Crippen molar-refractivity contribution in [3.63, 3.8) is 0 Å². The van der Waals surface area contributed by atoms with Crippen LogP contribution < -0.4 is 0 Å². The van der Waals surface area contributed by atoms with Gasteiger partial charge < -0.3 is 23.7 Å². The Hall–Kier alpha value is -4.53. The van der Waals surface area contributed by atoms with E-state index in [9.17, 15) is 0 Å². The number of rotatable bonds is 17. The van der Waals surface area contributed by atoms with Crippen LogP contribution >= 0.6 is 11.8 Å². The van der Waals surface area contributed by atoms with E-state index in [1.165, 1.54) is 11.1 Å². The van der Waals surface area contributed by atoms with Crippen LogP contribution in [0, 0.1) is 0 Å². The van der Waals surface area contributed by atoms with Gasteiger partial charge in [-0.1, -0.05) is 182 Å². The van der Waals surface area contributed by atoms with Crippen molar-refractivity contribution in [2.45, 2.75) is 61.5 Å². The molecule has 1 heterocycles. The Morgan fingerprint density at radius 1 is 0.415 bits per heavy atom. The van der Waals surface area contributed by atoms with Gasteiger partial charge in [-0.3, -0.25) is 0 Å². The molecule has 0 aromatic heterocycles. The zero-order chi connectivity index (χ0) is 35.9. The Bertz CT molecular complexity index is 1840. The van der Waals surface area contributed by atoms with Crippen LogP contribution in [0.3, 0.4) is 0 Å². The van der Waals surface area contributed by atoms with Crippen LogP contribution in [0.1, 0.15) is 38.6 Å². The average Bonchev–Trinajstić information content (AvgIpc) is 3.23. The smallest absolute Gasteiger partial charge is 0.133 e. The van der Waals surface area contributed by atoms with Gasteiger partial charge in [0, 0.05) is 0 Å². The van der Waals surface area contributed by atoms with Crippen LogP contribution in [0.4, 0.5) is 0 Å². The number of hydrogen-bond acceptors (Lipinski definition) is 6. The standard InChI is InChI=1S/C47H46O5S/c1-7-19-36(20-8-1)31-48-35-42-43(49-32-37-21-9-2-10-22-37)44(50-33-38-23-11-3-12-24-38)45(51-34-39-25-13-4-14-26-39)47(52-42)53-46(40-27-15-5-16-28-40)41-29-17-6-18-30-41/h1-30,42-47H,31-35H2/t42-,43-,44+,45-,47-/m1/s1.